The second-order valence-electron chi connectivity index (χ2n) is 5.83. The van der Waals surface area contributed by atoms with Crippen molar-refractivity contribution in [2.24, 2.45) is 0 Å². The number of ether oxygens (including phenoxy) is 2. The van der Waals surface area contributed by atoms with Crippen LogP contribution in [0, 0.1) is 15.3 Å². The van der Waals surface area contributed by atoms with Gasteiger partial charge in [-0.05, 0) is 35.4 Å². The molecule has 0 spiro atoms. The lowest BCUT2D eigenvalue weighted by Crippen LogP contribution is -2.16. The molecule has 27 heavy (non-hydrogen) atoms. The summed E-state index contributed by atoms with van der Waals surface area (Å²) in [6.07, 6.45) is 0.848. The highest BCUT2D eigenvalue weighted by Gasteiger charge is 2.38. The van der Waals surface area contributed by atoms with Crippen LogP contribution in [0.1, 0.15) is 23.7 Å². The molecule has 8 heteroatoms. The van der Waals surface area contributed by atoms with E-state index in [1.54, 1.807) is 55.6 Å². The molecule has 1 heterocycles. The molecule has 0 fully saturated rings. The third kappa shape index (κ3) is 4.00. The van der Waals surface area contributed by atoms with Crippen LogP contribution in [0.5, 0.6) is 11.5 Å². The number of benzene rings is 2. The van der Waals surface area contributed by atoms with E-state index in [0.29, 0.717) is 17.1 Å². The first-order chi connectivity index (χ1) is 13.0. The van der Waals surface area contributed by atoms with Gasteiger partial charge < -0.3 is 14.3 Å². The lowest BCUT2D eigenvalue weighted by Gasteiger charge is -2.11. The maximum atomic E-state index is 12.2. The van der Waals surface area contributed by atoms with E-state index in [2.05, 4.69) is 0 Å². The number of methoxy groups -OCH3 is 2. The third-order valence-corrected chi connectivity index (χ3v) is 4.22. The van der Waals surface area contributed by atoms with Crippen LogP contribution in [0.2, 0.25) is 0 Å². The van der Waals surface area contributed by atoms with Crippen LogP contribution < -0.4 is 9.47 Å². The summed E-state index contributed by atoms with van der Waals surface area (Å²) in [4.78, 5) is 16.5. The number of nitrogens with zero attached hydrogens (tertiary/aromatic N) is 2. The molecule has 3 rings (SSSR count). The lowest BCUT2D eigenvalue weighted by molar-refractivity contribution is -0.743. The number of hydrogen-bond donors (Lipinski definition) is 0. The second kappa shape index (κ2) is 7.77. The first-order valence-corrected chi connectivity index (χ1v) is 8.16. The van der Waals surface area contributed by atoms with Crippen LogP contribution >= 0.6 is 0 Å². The van der Waals surface area contributed by atoms with E-state index < -0.39 is 11.0 Å². The molecule has 1 aliphatic rings. The number of nitro groups is 1. The number of rotatable bonds is 6. The summed E-state index contributed by atoms with van der Waals surface area (Å²) in [6, 6.07) is 13.7. The van der Waals surface area contributed by atoms with Gasteiger partial charge in [0.15, 0.2) is 0 Å². The Balaban J connectivity index is 1.85. The van der Waals surface area contributed by atoms with Crippen molar-refractivity contribution in [2.45, 2.75) is 12.5 Å². The topological polar surface area (TPSA) is 96.9 Å². The molecule has 1 aliphatic heterocycles. The van der Waals surface area contributed by atoms with Gasteiger partial charge in [-0.2, -0.15) is 0 Å². The Hall–Kier alpha value is -3.55. The predicted octanol–water partition coefficient (Wildman–Crippen LogP) is 3.35. The van der Waals surface area contributed by atoms with E-state index >= 15 is 0 Å². The van der Waals surface area contributed by atoms with E-state index in [9.17, 15) is 15.3 Å². The third-order valence-electron chi connectivity index (χ3n) is 4.22. The van der Waals surface area contributed by atoms with Crippen LogP contribution in [-0.2, 0) is 4.84 Å². The average molecular weight is 370 g/mol. The Labute approximate surface area is 155 Å². The van der Waals surface area contributed by atoms with Crippen molar-refractivity contribution in [2.75, 3.05) is 14.2 Å². The Morgan fingerprint density at radius 2 is 1.67 bits per heavy atom. The van der Waals surface area contributed by atoms with Crippen LogP contribution in [0.15, 0.2) is 54.2 Å². The minimum absolute atomic E-state index is 0.0309. The van der Waals surface area contributed by atoms with Crippen molar-refractivity contribution in [1.82, 2.24) is 0 Å². The fraction of sp³-hybridized carbons (Fsp3) is 0.211. The Bertz CT molecular complexity index is 887. The summed E-state index contributed by atoms with van der Waals surface area (Å²) in [6.45, 7) is 0. The first kappa shape index (κ1) is 18.2. The van der Waals surface area contributed by atoms with Gasteiger partial charge in [-0.25, -0.2) is 0 Å². The Kier molecular flexibility index (Phi) is 5.25. The number of allylic oxidation sites excluding steroid dienone is 1. The van der Waals surface area contributed by atoms with E-state index in [1.807, 2.05) is 0 Å². The highest BCUT2D eigenvalue weighted by molar-refractivity contribution is 5.98. The van der Waals surface area contributed by atoms with E-state index in [1.165, 1.54) is 13.2 Å². The van der Waals surface area contributed by atoms with E-state index in [4.69, 9.17) is 14.3 Å². The molecule has 2 aromatic carbocycles. The summed E-state index contributed by atoms with van der Waals surface area (Å²) >= 11 is 0. The van der Waals surface area contributed by atoms with Crippen molar-refractivity contribution >= 4 is 11.8 Å². The van der Waals surface area contributed by atoms with Gasteiger partial charge in [0.2, 0.25) is 0 Å². The number of hydrogen-bond acceptors (Lipinski definition) is 6. The Morgan fingerprint density at radius 3 is 2.19 bits per heavy atom. The summed E-state index contributed by atoms with van der Waals surface area (Å²) in [5.41, 5.74) is 0.984. The quantitative estimate of drug-likeness (QED) is 0.439. The van der Waals surface area contributed by atoms with Gasteiger partial charge in [0, 0.05) is 11.0 Å². The van der Waals surface area contributed by atoms with Gasteiger partial charge >= 0.3 is 11.4 Å². The van der Waals surface area contributed by atoms with Gasteiger partial charge in [0.25, 0.3) is 0 Å². The molecular formula is C19H18N2O6. The molecular weight excluding hydrogens is 352 g/mol. The molecule has 0 bridgehead atoms. The molecule has 0 saturated heterocycles. The average Bonchev–Trinajstić information content (AvgIpc) is 3.07. The van der Waals surface area contributed by atoms with Crippen molar-refractivity contribution < 1.29 is 24.1 Å². The van der Waals surface area contributed by atoms with Crippen LogP contribution in [0.4, 0.5) is 0 Å². The van der Waals surface area contributed by atoms with Crippen LogP contribution in [0.25, 0.3) is 6.08 Å². The van der Waals surface area contributed by atoms with E-state index in [0.717, 1.165) is 5.56 Å². The zero-order chi connectivity index (χ0) is 19.4. The maximum absolute atomic E-state index is 12.2. The molecule has 1 unspecified atom stereocenters. The van der Waals surface area contributed by atoms with Crippen molar-refractivity contribution in [1.29, 1.82) is 0 Å². The second-order valence-corrected chi connectivity index (χ2v) is 5.83. The molecule has 0 aliphatic carbocycles. The maximum Gasteiger partial charge on any atom is 0.342 e. The predicted molar refractivity (Wildman–Crippen MR) is 98.0 cm³/mol. The van der Waals surface area contributed by atoms with Gasteiger partial charge in [-0.1, -0.05) is 24.3 Å². The molecule has 0 radical (unpaired) electrons. The summed E-state index contributed by atoms with van der Waals surface area (Å²) in [5.74, 6) is 1.31. The van der Waals surface area contributed by atoms with Crippen molar-refractivity contribution in [3.8, 4) is 11.5 Å². The monoisotopic (exact) mass is 370 g/mol. The van der Waals surface area contributed by atoms with Gasteiger partial charge in [0.1, 0.15) is 17.6 Å². The van der Waals surface area contributed by atoms with Crippen molar-refractivity contribution in [3.05, 3.63) is 80.7 Å². The largest absolute Gasteiger partial charge is 0.497 e. The molecule has 1 atom stereocenters. The summed E-state index contributed by atoms with van der Waals surface area (Å²) in [5, 5.41) is 23.7. The van der Waals surface area contributed by atoms with Crippen LogP contribution in [0.3, 0.4) is 0 Å². The lowest BCUT2D eigenvalue weighted by atomic mass is 10.0. The van der Waals surface area contributed by atoms with Gasteiger partial charge in [-0.15, -0.1) is 0 Å². The standard InChI is InChI=1S/C19H18N2O6/c1-25-15-7-3-13(4-8-15)11-17(20(22)23)18-12-19(27-21(18)24)14-5-9-16(26-2)10-6-14/h3-11,19H,12H2,1-2H3/b17-11+. The van der Waals surface area contributed by atoms with Crippen molar-refractivity contribution in [3.63, 3.8) is 0 Å². The summed E-state index contributed by atoms with van der Waals surface area (Å²) < 4.78 is 10.2. The molecule has 8 nitrogen and oxygen atoms in total. The highest BCUT2D eigenvalue weighted by atomic mass is 16.9. The molecule has 2 aromatic rings. The minimum Gasteiger partial charge on any atom is -0.497 e. The zero-order valence-corrected chi connectivity index (χ0v) is 14.8. The first-order valence-electron chi connectivity index (χ1n) is 8.16. The fourth-order valence-corrected chi connectivity index (χ4v) is 2.76. The Morgan fingerprint density at radius 1 is 1.11 bits per heavy atom. The smallest absolute Gasteiger partial charge is 0.342 e. The normalized spacial score (nSPS) is 16.8. The molecule has 0 N–H and O–H groups in total. The van der Waals surface area contributed by atoms with E-state index in [-0.39, 0.29) is 22.7 Å². The highest BCUT2D eigenvalue weighted by Crippen LogP contribution is 2.30. The minimum atomic E-state index is -0.595. The van der Waals surface area contributed by atoms with Crippen LogP contribution in [-0.4, -0.2) is 29.8 Å². The molecule has 140 valence electrons. The van der Waals surface area contributed by atoms with Gasteiger partial charge in [0.05, 0.1) is 25.6 Å². The van der Waals surface area contributed by atoms with Gasteiger partial charge in [-0.3, -0.25) is 15.3 Å². The SMILES string of the molecule is COc1ccc(/C=C(\C2=[N+]([O-])OC(c3ccc(OC)cc3)C2)[N+](=O)[O-])cc1. The zero-order valence-electron chi connectivity index (χ0n) is 14.8. The molecule has 0 saturated carbocycles. The molecule has 0 aromatic heterocycles. The fourth-order valence-electron chi connectivity index (χ4n) is 2.76. The molecule has 0 amide bonds. The summed E-state index contributed by atoms with van der Waals surface area (Å²) in [7, 11) is 3.09.